The molecule has 0 unspecified atom stereocenters. The zero-order valence-electron chi connectivity index (χ0n) is 23.7. The van der Waals surface area contributed by atoms with Crippen LogP contribution in [-0.2, 0) is 23.8 Å². The topological polar surface area (TPSA) is 102 Å². The smallest absolute Gasteiger partial charge is 0.331 e. The summed E-state index contributed by atoms with van der Waals surface area (Å²) >= 11 is 0. The summed E-state index contributed by atoms with van der Waals surface area (Å²) in [5.41, 5.74) is -0.876. The van der Waals surface area contributed by atoms with Gasteiger partial charge in [0.05, 0.1) is 12.2 Å². The summed E-state index contributed by atoms with van der Waals surface area (Å²) < 4.78 is 18.9. The number of hydrogen-bond acceptors (Lipinski definition) is 7. The van der Waals surface area contributed by atoms with Gasteiger partial charge in [0, 0.05) is 29.2 Å². The molecule has 1 heterocycles. The molecule has 7 atom stereocenters. The first kappa shape index (κ1) is 28.0. The second-order valence-corrected chi connectivity index (χ2v) is 12.9. The van der Waals surface area contributed by atoms with Gasteiger partial charge in [-0.3, -0.25) is 4.79 Å². The van der Waals surface area contributed by atoms with Gasteiger partial charge < -0.3 is 24.4 Å². The molecule has 3 fully saturated rings. The van der Waals surface area contributed by atoms with Gasteiger partial charge >= 0.3 is 5.97 Å². The van der Waals surface area contributed by atoms with E-state index in [1.54, 1.807) is 13.0 Å². The Labute approximate surface area is 230 Å². The molecular weight excluding hydrogens is 496 g/mol. The van der Waals surface area contributed by atoms with Crippen LogP contribution in [0.3, 0.4) is 0 Å². The summed E-state index contributed by atoms with van der Waals surface area (Å²) in [6.07, 6.45) is 0.739. The number of allylic oxidation sites excluding steroid dienone is 1. The lowest BCUT2D eigenvalue weighted by Gasteiger charge is -2.60. The summed E-state index contributed by atoms with van der Waals surface area (Å²) in [7, 11) is 0. The van der Waals surface area contributed by atoms with Gasteiger partial charge in [-0.25, -0.2) is 4.79 Å². The summed E-state index contributed by atoms with van der Waals surface area (Å²) in [5.74, 6) is -2.39. The number of carbonyl (C=O) groups is 2. The normalized spacial score (nSPS) is 39.1. The van der Waals surface area contributed by atoms with Gasteiger partial charge in [0.15, 0.2) is 11.6 Å². The average Bonchev–Trinajstić information content (AvgIpc) is 3.19. The highest BCUT2D eigenvalue weighted by Gasteiger charge is 2.69. The van der Waals surface area contributed by atoms with Crippen LogP contribution in [0.15, 0.2) is 59.7 Å². The minimum absolute atomic E-state index is 0.220. The van der Waals surface area contributed by atoms with E-state index in [1.165, 1.54) is 6.08 Å². The van der Waals surface area contributed by atoms with Crippen LogP contribution in [0.5, 0.6) is 0 Å². The van der Waals surface area contributed by atoms with Crippen molar-refractivity contribution in [2.24, 2.45) is 16.7 Å². The molecule has 2 N–H and O–H groups in total. The third-order valence-electron chi connectivity index (χ3n) is 9.78. The van der Waals surface area contributed by atoms with Crippen molar-refractivity contribution in [2.75, 3.05) is 0 Å². The molecule has 3 aliphatic carbocycles. The van der Waals surface area contributed by atoms with E-state index >= 15 is 0 Å². The third kappa shape index (κ3) is 4.26. The Morgan fingerprint density at radius 2 is 1.79 bits per heavy atom. The van der Waals surface area contributed by atoms with Gasteiger partial charge in [-0.15, -0.1) is 0 Å². The maximum atomic E-state index is 13.3. The van der Waals surface area contributed by atoms with Crippen molar-refractivity contribution in [3.63, 3.8) is 0 Å². The molecular formula is C32H40O7. The van der Waals surface area contributed by atoms with Crippen molar-refractivity contribution in [3.8, 4) is 0 Å². The maximum Gasteiger partial charge on any atom is 0.331 e. The van der Waals surface area contributed by atoms with Crippen LogP contribution in [0.25, 0.3) is 6.08 Å². The van der Waals surface area contributed by atoms with E-state index in [0.717, 1.165) is 5.56 Å². The highest BCUT2D eigenvalue weighted by atomic mass is 16.8. The number of ketones is 1. The number of fused-ring (bicyclic) bond motifs is 6. The molecule has 0 aromatic heterocycles. The number of Topliss-reactive ketones (excluding diaryl/α,β-unsaturated/α-hetero) is 1. The zero-order chi connectivity index (χ0) is 28.5. The lowest BCUT2D eigenvalue weighted by Crippen LogP contribution is -2.69. The lowest BCUT2D eigenvalue weighted by atomic mass is 9.48. The summed E-state index contributed by atoms with van der Waals surface area (Å²) in [4.78, 5) is 26.1. The monoisotopic (exact) mass is 536 g/mol. The van der Waals surface area contributed by atoms with Gasteiger partial charge in [-0.2, -0.15) is 0 Å². The van der Waals surface area contributed by atoms with Crippen molar-refractivity contribution in [2.45, 2.75) is 96.6 Å². The van der Waals surface area contributed by atoms with Crippen molar-refractivity contribution >= 4 is 17.8 Å². The predicted molar refractivity (Wildman–Crippen MR) is 146 cm³/mol. The quantitative estimate of drug-likeness (QED) is 0.333. The van der Waals surface area contributed by atoms with Crippen LogP contribution in [0, 0.1) is 16.7 Å². The first-order valence-corrected chi connectivity index (χ1v) is 13.8. The number of rotatable bonds is 3. The van der Waals surface area contributed by atoms with Gasteiger partial charge in [0.25, 0.3) is 0 Å². The highest BCUT2D eigenvalue weighted by molar-refractivity contribution is 5.98. The Hall–Kier alpha value is -2.58. The van der Waals surface area contributed by atoms with Gasteiger partial charge in [-0.1, -0.05) is 57.7 Å². The molecule has 4 aliphatic rings. The molecule has 0 amide bonds. The molecule has 1 aromatic rings. The number of carbonyl (C=O) groups excluding carboxylic acids is 2. The first-order valence-electron chi connectivity index (χ1n) is 13.8. The molecule has 1 aromatic carbocycles. The largest absolute Gasteiger partial charge is 0.455 e. The maximum absolute atomic E-state index is 13.3. The van der Waals surface area contributed by atoms with Crippen LogP contribution in [0.4, 0.5) is 0 Å². The van der Waals surface area contributed by atoms with E-state index in [-0.39, 0.29) is 12.2 Å². The second kappa shape index (κ2) is 9.23. The van der Waals surface area contributed by atoms with E-state index in [4.69, 9.17) is 14.2 Å². The standard InChI is InChI=1S/C32H40O7/c1-18-21(33)17-32(36)27(35)25-19(2)22(37-23(34)14-13-20-11-9-8-10-12-20)15-16-31(25,7)28-26(24(18)29(32,3)4)38-30(5,6)39-28/h8-14,22,25-28,35-36H,2,15-17H2,1,3-7H3/b14-13+/t22-,25-,26+,27-,28-,31+,32+/m0/s1. The van der Waals surface area contributed by atoms with E-state index in [2.05, 4.69) is 6.58 Å². The van der Waals surface area contributed by atoms with Gasteiger partial charge in [0.1, 0.15) is 17.8 Å². The molecule has 39 heavy (non-hydrogen) atoms. The Bertz CT molecular complexity index is 1260. The van der Waals surface area contributed by atoms with Crippen molar-refractivity contribution in [3.05, 3.63) is 65.3 Å². The number of aliphatic hydroxyl groups is 2. The molecule has 5 rings (SSSR count). The van der Waals surface area contributed by atoms with Crippen LogP contribution in [0.2, 0.25) is 0 Å². The number of ether oxygens (including phenoxy) is 3. The number of aliphatic hydroxyl groups excluding tert-OH is 1. The van der Waals surface area contributed by atoms with E-state index < -0.39 is 58.5 Å². The van der Waals surface area contributed by atoms with Gasteiger partial charge in [0.2, 0.25) is 0 Å². The van der Waals surface area contributed by atoms with Crippen molar-refractivity contribution < 1.29 is 34.0 Å². The SMILES string of the molecule is C=C1[C@@H](OC(=O)/C=C/c2ccccc2)CC[C@@]2(C)[C@H]3OC(C)(C)O[C@@H]3C3=C(C)C(=O)C[C@@](O)([C@@H](O)[C@H]12)C3(C)C. The molecule has 1 aliphatic heterocycles. The van der Waals surface area contributed by atoms with Crippen LogP contribution < -0.4 is 0 Å². The Morgan fingerprint density at radius 3 is 2.46 bits per heavy atom. The van der Waals surface area contributed by atoms with Crippen molar-refractivity contribution in [1.82, 2.24) is 0 Å². The Kier molecular flexibility index (Phi) is 6.62. The Balaban J connectivity index is 1.54. The summed E-state index contributed by atoms with van der Waals surface area (Å²) in [6, 6.07) is 9.45. The number of benzene rings is 1. The molecule has 0 spiro atoms. The predicted octanol–water partition coefficient (Wildman–Crippen LogP) is 4.53. The molecule has 210 valence electrons. The van der Waals surface area contributed by atoms with E-state index in [1.807, 2.05) is 65.0 Å². The minimum atomic E-state index is -1.78. The lowest BCUT2D eigenvalue weighted by molar-refractivity contribution is -0.208. The zero-order valence-corrected chi connectivity index (χ0v) is 23.7. The fraction of sp³-hybridized carbons (Fsp3) is 0.562. The number of hydrogen-bond donors (Lipinski definition) is 2. The molecule has 7 nitrogen and oxygen atoms in total. The summed E-state index contributed by atoms with van der Waals surface area (Å²) in [6.45, 7) is 15.5. The Morgan fingerprint density at radius 1 is 1.13 bits per heavy atom. The number of esters is 1. The first-order chi connectivity index (χ1) is 18.1. The molecule has 2 bridgehead atoms. The van der Waals surface area contributed by atoms with E-state index in [0.29, 0.717) is 29.6 Å². The van der Waals surface area contributed by atoms with Crippen LogP contribution in [0.1, 0.15) is 66.4 Å². The molecule has 2 saturated carbocycles. The fourth-order valence-electron chi connectivity index (χ4n) is 7.56. The second-order valence-electron chi connectivity index (χ2n) is 12.9. The van der Waals surface area contributed by atoms with Crippen molar-refractivity contribution in [1.29, 1.82) is 0 Å². The molecule has 1 saturated heterocycles. The average molecular weight is 537 g/mol. The van der Waals surface area contributed by atoms with E-state index in [9.17, 15) is 19.8 Å². The highest BCUT2D eigenvalue weighted by Crippen LogP contribution is 2.63. The third-order valence-corrected chi connectivity index (χ3v) is 9.78. The van der Waals surface area contributed by atoms with Crippen LogP contribution >= 0.6 is 0 Å². The summed E-state index contributed by atoms with van der Waals surface area (Å²) in [5, 5.41) is 24.3. The van der Waals surface area contributed by atoms with Gasteiger partial charge in [-0.05, 0) is 62.0 Å². The molecule has 7 heteroatoms. The molecule has 0 radical (unpaired) electrons. The minimum Gasteiger partial charge on any atom is -0.455 e. The van der Waals surface area contributed by atoms with Crippen LogP contribution in [-0.4, -0.2) is 57.8 Å². The fourth-order valence-corrected chi connectivity index (χ4v) is 7.56.